The Bertz CT molecular complexity index is 1500. The molecule has 5 heterocycles. The van der Waals surface area contributed by atoms with Gasteiger partial charge in [-0.1, -0.05) is 0 Å². The lowest BCUT2D eigenvalue weighted by atomic mass is 9.90. The van der Waals surface area contributed by atoms with Crippen LogP contribution in [0.25, 0.3) is 22.3 Å². The summed E-state index contributed by atoms with van der Waals surface area (Å²) in [6, 6.07) is 6.19. The number of halogens is 2. The average Bonchev–Trinajstić information content (AvgIpc) is 3.59. The fraction of sp³-hybridized carbons (Fsp3) is 0.429. The molecular formula is C28H28F2N6O. The van der Waals surface area contributed by atoms with Crippen LogP contribution in [0, 0.1) is 18.6 Å². The Labute approximate surface area is 213 Å². The predicted molar refractivity (Wildman–Crippen MR) is 134 cm³/mol. The van der Waals surface area contributed by atoms with Crippen molar-refractivity contribution in [3.63, 3.8) is 0 Å². The molecule has 1 saturated carbocycles. The maximum atomic E-state index is 15.0. The van der Waals surface area contributed by atoms with Gasteiger partial charge in [0.1, 0.15) is 17.5 Å². The number of hydrogen-bond donors (Lipinski definition) is 1. The van der Waals surface area contributed by atoms with E-state index in [-0.39, 0.29) is 17.6 Å². The number of aromatic nitrogens is 5. The molecule has 0 radical (unpaired) electrons. The van der Waals surface area contributed by atoms with Crippen LogP contribution < -0.4 is 5.32 Å². The quantitative estimate of drug-likeness (QED) is 0.408. The molecule has 1 N–H and O–H groups in total. The number of benzene rings is 1. The van der Waals surface area contributed by atoms with Gasteiger partial charge >= 0.3 is 0 Å². The van der Waals surface area contributed by atoms with Crippen molar-refractivity contribution in [3.8, 4) is 11.3 Å². The molecule has 2 saturated heterocycles. The van der Waals surface area contributed by atoms with Crippen LogP contribution in [0.1, 0.15) is 72.3 Å². The van der Waals surface area contributed by atoms with Crippen LogP contribution >= 0.6 is 0 Å². The zero-order valence-corrected chi connectivity index (χ0v) is 20.6. The molecular weight excluding hydrogens is 474 g/mol. The second kappa shape index (κ2) is 8.92. The number of fused-ring (bicyclic) bond motifs is 1. The van der Waals surface area contributed by atoms with Crippen LogP contribution in [0.3, 0.4) is 0 Å². The van der Waals surface area contributed by atoms with Crippen molar-refractivity contribution in [1.82, 2.24) is 30.0 Å². The van der Waals surface area contributed by atoms with E-state index in [9.17, 15) is 4.39 Å². The Hall–Kier alpha value is -3.30. The first kappa shape index (κ1) is 22.9. The van der Waals surface area contributed by atoms with Gasteiger partial charge in [0, 0.05) is 66.0 Å². The molecule has 0 spiro atoms. The summed E-state index contributed by atoms with van der Waals surface area (Å²) in [5.74, 6) is -0.258. The van der Waals surface area contributed by atoms with Crippen LogP contribution in [0.2, 0.25) is 0 Å². The Morgan fingerprint density at radius 1 is 1.03 bits per heavy atom. The molecule has 37 heavy (non-hydrogen) atoms. The summed E-state index contributed by atoms with van der Waals surface area (Å²) in [4.78, 5) is 14.7. The largest absolute Gasteiger partial charge is 0.373 e. The SMILES string of the molecule is Cc1nc2nc(C3CCOC(c4cnn(C5CC5)c4)C3)nc(-c3ccc(F)cc3F)c2cc1C1CNC1. The highest BCUT2D eigenvalue weighted by molar-refractivity contribution is 5.91. The van der Waals surface area contributed by atoms with E-state index >= 15 is 4.39 Å². The number of nitrogens with one attached hydrogen (secondary N) is 1. The van der Waals surface area contributed by atoms with Crippen LogP contribution in [-0.4, -0.2) is 44.4 Å². The average molecular weight is 503 g/mol. The van der Waals surface area contributed by atoms with Gasteiger partial charge in [-0.2, -0.15) is 5.10 Å². The third-order valence-corrected chi connectivity index (χ3v) is 7.90. The second-order valence-corrected chi connectivity index (χ2v) is 10.5. The lowest BCUT2D eigenvalue weighted by Crippen LogP contribution is -2.40. The van der Waals surface area contributed by atoms with E-state index in [0.29, 0.717) is 47.5 Å². The first-order valence-electron chi connectivity index (χ1n) is 13.0. The van der Waals surface area contributed by atoms with Crippen LogP contribution in [0.5, 0.6) is 0 Å². The molecule has 2 unspecified atom stereocenters. The summed E-state index contributed by atoms with van der Waals surface area (Å²) in [6.45, 7) is 4.34. The molecule has 9 heteroatoms. The minimum Gasteiger partial charge on any atom is -0.373 e. The van der Waals surface area contributed by atoms with Gasteiger partial charge < -0.3 is 10.1 Å². The van der Waals surface area contributed by atoms with Crippen LogP contribution in [-0.2, 0) is 4.74 Å². The van der Waals surface area contributed by atoms with Gasteiger partial charge in [-0.15, -0.1) is 0 Å². The molecule has 1 aromatic carbocycles. The lowest BCUT2D eigenvalue weighted by molar-refractivity contribution is 0.00396. The van der Waals surface area contributed by atoms with E-state index in [4.69, 9.17) is 19.7 Å². The minimum atomic E-state index is -0.643. The third-order valence-electron chi connectivity index (χ3n) is 7.90. The highest BCUT2D eigenvalue weighted by Crippen LogP contribution is 2.40. The Kier molecular flexibility index (Phi) is 5.51. The number of nitrogens with zero attached hydrogens (tertiary/aromatic N) is 5. The molecule has 3 aromatic heterocycles. The summed E-state index contributed by atoms with van der Waals surface area (Å²) in [5.41, 5.74) is 4.37. The zero-order chi connectivity index (χ0) is 25.1. The monoisotopic (exact) mass is 502 g/mol. The Morgan fingerprint density at radius 3 is 2.65 bits per heavy atom. The Balaban J connectivity index is 1.30. The topological polar surface area (TPSA) is 77.8 Å². The molecule has 1 aliphatic carbocycles. The molecule has 7 nitrogen and oxygen atoms in total. The van der Waals surface area contributed by atoms with E-state index in [1.807, 2.05) is 23.9 Å². The lowest BCUT2D eigenvalue weighted by Gasteiger charge is -2.29. The van der Waals surface area contributed by atoms with Crippen molar-refractivity contribution in [2.75, 3.05) is 19.7 Å². The second-order valence-electron chi connectivity index (χ2n) is 10.5. The van der Waals surface area contributed by atoms with Crippen LogP contribution in [0.4, 0.5) is 8.78 Å². The van der Waals surface area contributed by atoms with Gasteiger partial charge in [0.15, 0.2) is 5.65 Å². The molecule has 0 amide bonds. The zero-order valence-electron chi connectivity index (χ0n) is 20.6. The summed E-state index contributed by atoms with van der Waals surface area (Å²) in [6.07, 6.45) is 7.70. The molecule has 2 atom stereocenters. The molecule has 190 valence electrons. The summed E-state index contributed by atoms with van der Waals surface area (Å²) < 4.78 is 37.0. The number of aryl methyl sites for hydroxylation is 1. The number of pyridine rings is 1. The highest BCUT2D eigenvalue weighted by Gasteiger charge is 2.31. The van der Waals surface area contributed by atoms with Crippen molar-refractivity contribution >= 4 is 11.0 Å². The van der Waals surface area contributed by atoms with Crippen molar-refractivity contribution in [3.05, 3.63) is 70.9 Å². The van der Waals surface area contributed by atoms with E-state index in [0.717, 1.165) is 42.4 Å². The van der Waals surface area contributed by atoms with Crippen molar-refractivity contribution in [2.24, 2.45) is 0 Å². The number of hydrogen-bond acceptors (Lipinski definition) is 6. The van der Waals surface area contributed by atoms with Gasteiger partial charge in [-0.3, -0.25) is 4.68 Å². The molecule has 3 aliphatic rings. The van der Waals surface area contributed by atoms with Gasteiger partial charge in [-0.25, -0.2) is 23.7 Å². The molecule has 7 rings (SSSR count). The van der Waals surface area contributed by atoms with Gasteiger partial charge in [0.25, 0.3) is 0 Å². The summed E-state index contributed by atoms with van der Waals surface area (Å²) in [7, 11) is 0. The van der Waals surface area contributed by atoms with Gasteiger partial charge in [0.05, 0.1) is 24.0 Å². The van der Waals surface area contributed by atoms with E-state index in [2.05, 4.69) is 16.6 Å². The van der Waals surface area contributed by atoms with E-state index in [1.54, 1.807) is 0 Å². The smallest absolute Gasteiger partial charge is 0.163 e. The fourth-order valence-electron chi connectivity index (χ4n) is 5.49. The predicted octanol–water partition coefficient (Wildman–Crippen LogP) is 5.13. The van der Waals surface area contributed by atoms with E-state index < -0.39 is 11.6 Å². The molecule has 0 bridgehead atoms. The molecule has 2 aliphatic heterocycles. The first-order valence-corrected chi connectivity index (χ1v) is 13.0. The van der Waals surface area contributed by atoms with Crippen LogP contribution in [0.15, 0.2) is 36.7 Å². The minimum absolute atomic E-state index is 0.0206. The Morgan fingerprint density at radius 2 is 1.89 bits per heavy atom. The van der Waals surface area contributed by atoms with Crippen molar-refractivity contribution < 1.29 is 13.5 Å². The normalized spacial score (nSPS) is 22.4. The first-order chi connectivity index (χ1) is 18.0. The number of rotatable bonds is 5. The maximum absolute atomic E-state index is 15.0. The van der Waals surface area contributed by atoms with Gasteiger partial charge in [-0.05, 0) is 56.4 Å². The van der Waals surface area contributed by atoms with Gasteiger partial charge in [0.2, 0.25) is 0 Å². The maximum Gasteiger partial charge on any atom is 0.163 e. The summed E-state index contributed by atoms with van der Waals surface area (Å²) >= 11 is 0. The highest BCUT2D eigenvalue weighted by atomic mass is 19.1. The molecule has 3 fully saturated rings. The third kappa shape index (κ3) is 4.20. The van der Waals surface area contributed by atoms with Crippen molar-refractivity contribution in [2.45, 2.75) is 56.6 Å². The standard InChI is InChI=1S/C28H28F2N6O/c1-15-22(17-11-31-12-17)10-23-26(21-5-2-19(29)9-24(21)30)34-27(35-28(23)33-15)16-6-7-37-25(8-16)18-13-32-36(14-18)20-3-4-20/h2,5,9-10,13-14,16-17,20,25,31H,3-4,6-8,11-12H2,1H3. The summed E-state index contributed by atoms with van der Waals surface area (Å²) in [5, 5.41) is 8.51. The van der Waals surface area contributed by atoms with E-state index in [1.165, 1.54) is 25.0 Å². The molecule has 4 aromatic rings. The van der Waals surface area contributed by atoms with Crippen molar-refractivity contribution in [1.29, 1.82) is 0 Å². The number of ether oxygens (including phenoxy) is 1. The fourth-order valence-corrected chi connectivity index (χ4v) is 5.49.